The molecule has 2 N–H and O–H groups in total. The van der Waals surface area contributed by atoms with Crippen molar-refractivity contribution < 1.29 is 0 Å². The van der Waals surface area contributed by atoms with Crippen LogP contribution >= 0.6 is 0 Å². The Labute approximate surface area is 99.5 Å². The fourth-order valence-electron chi connectivity index (χ4n) is 2.14. The van der Waals surface area contributed by atoms with Gasteiger partial charge >= 0.3 is 0 Å². The van der Waals surface area contributed by atoms with Crippen molar-refractivity contribution in [1.82, 2.24) is 9.38 Å². The number of imidazole rings is 1. The molecule has 3 heteroatoms. The van der Waals surface area contributed by atoms with E-state index in [2.05, 4.69) is 17.1 Å². The molecule has 84 valence electrons. The maximum absolute atomic E-state index is 5.99. The van der Waals surface area contributed by atoms with E-state index in [9.17, 15) is 0 Å². The van der Waals surface area contributed by atoms with Gasteiger partial charge in [-0.1, -0.05) is 30.3 Å². The van der Waals surface area contributed by atoms with E-state index in [0.29, 0.717) is 0 Å². The van der Waals surface area contributed by atoms with Gasteiger partial charge in [-0.05, 0) is 19.1 Å². The van der Waals surface area contributed by atoms with Crippen LogP contribution in [0.4, 0.5) is 5.69 Å². The zero-order chi connectivity index (χ0) is 11.8. The summed E-state index contributed by atoms with van der Waals surface area (Å²) in [6.07, 6.45) is 1.99. The number of nitrogens with two attached hydrogens (primary N) is 1. The Bertz CT molecular complexity index is 669. The van der Waals surface area contributed by atoms with Crippen LogP contribution in [0.15, 0.2) is 48.7 Å². The number of rotatable bonds is 1. The van der Waals surface area contributed by atoms with Gasteiger partial charge in [0, 0.05) is 11.8 Å². The molecule has 2 heterocycles. The summed E-state index contributed by atoms with van der Waals surface area (Å²) in [5.74, 6) is 0.936. The Morgan fingerprint density at radius 1 is 1.06 bits per heavy atom. The molecule has 3 nitrogen and oxygen atoms in total. The molecule has 0 bridgehead atoms. The summed E-state index contributed by atoms with van der Waals surface area (Å²) in [5.41, 5.74) is 9.80. The van der Waals surface area contributed by atoms with Crippen molar-refractivity contribution in [3.8, 4) is 11.4 Å². The molecular weight excluding hydrogens is 210 g/mol. The lowest BCUT2D eigenvalue weighted by Gasteiger charge is -2.02. The van der Waals surface area contributed by atoms with Crippen molar-refractivity contribution in [2.24, 2.45) is 0 Å². The van der Waals surface area contributed by atoms with Gasteiger partial charge in [0.1, 0.15) is 5.82 Å². The normalized spacial score (nSPS) is 10.9. The second-order valence-corrected chi connectivity index (χ2v) is 4.07. The molecule has 0 aliphatic rings. The van der Waals surface area contributed by atoms with Crippen LogP contribution in [0.2, 0.25) is 0 Å². The minimum Gasteiger partial charge on any atom is -0.397 e. The van der Waals surface area contributed by atoms with E-state index >= 15 is 0 Å². The number of nitrogens with zero attached hydrogens (tertiary/aromatic N) is 2. The maximum atomic E-state index is 5.99. The molecular formula is C14H13N3. The van der Waals surface area contributed by atoms with E-state index in [0.717, 1.165) is 28.3 Å². The molecule has 0 atom stereocenters. The number of nitrogen functional groups attached to an aromatic ring is 1. The largest absolute Gasteiger partial charge is 0.397 e. The van der Waals surface area contributed by atoms with Gasteiger partial charge in [0.15, 0.2) is 0 Å². The third-order valence-electron chi connectivity index (χ3n) is 2.90. The highest BCUT2D eigenvalue weighted by molar-refractivity contribution is 5.76. The Kier molecular flexibility index (Phi) is 2.11. The van der Waals surface area contributed by atoms with Gasteiger partial charge in [0.05, 0.1) is 16.9 Å². The smallest absolute Gasteiger partial charge is 0.144 e. The second-order valence-electron chi connectivity index (χ2n) is 4.07. The minimum atomic E-state index is 0.764. The molecule has 3 aromatic rings. The van der Waals surface area contributed by atoms with E-state index < -0.39 is 0 Å². The Morgan fingerprint density at radius 3 is 2.59 bits per heavy atom. The minimum absolute atomic E-state index is 0.764. The molecule has 17 heavy (non-hydrogen) atoms. The SMILES string of the molecule is Cc1nc(-c2ccccc2)n2cccc(N)c12. The molecule has 2 aromatic heterocycles. The molecule has 0 aliphatic heterocycles. The zero-order valence-corrected chi connectivity index (χ0v) is 9.59. The Morgan fingerprint density at radius 2 is 1.82 bits per heavy atom. The number of hydrogen-bond acceptors (Lipinski definition) is 2. The number of fused-ring (bicyclic) bond motifs is 1. The highest BCUT2D eigenvalue weighted by Crippen LogP contribution is 2.25. The summed E-state index contributed by atoms with van der Waals surface area (Å²) in [4.78, 5) is 4.60. The van der Waals surface area contributed by atoms with E-state index in [-0.39, 0.29) is 0 Å². The van der Waals surface area contributed by atoms with Crippen molar-refractivity contribution >= 4 is 11.2 Å². The monoisotopic (exact) mass is 223 g/mol. The van der Waals surface area contributed by atoms with Gasteiger partial charge in [0.25, 0.3) is 0 Å². The van der Waals surface area contributed by atoms with Crippen molar-refractivity contribution in [2.75, 3.05) is 5.73 Å². The second kappa shape index (κ2) is 3.63. The first-order valence-corrected chi connectivity index (χ1v) is 5.56. The van der Waals surface area contributed by atoms with Crippen molar-refractivity contribution in [3.05, 3.63) is 54.4 Å². The van der Waals surface area contributed by atoms with Crippen molar-refractivity contribution in [3.63, 3.8) is 0 Å². The van der Waals surface area contributed by atoms with Crippen LogP contribution in [0.25, 0.3) is 16.9 Å². The van der Waals surface area contributed by atoms with Crippen molar-refractivity contribution in [2.45, 2.75) is 6.92 Å². The summed E-state index contributed by atoms with van der Waals surface area (Å²) in [6.45, 7) is 1.98. The number of pyridine rings is 1. The van der Waals surface area contributed by atoms with Crippen LogP contribution in [0.1, 0.15) is 5.69 Å². The van der Waals surface area contributed by atoms with Gasteiger partial charge in [0.2, 0.25) is 0 Å². The first-order valence-electron chi connectivity index (χ1n) is 5.56. The summed E-state index contributed by atoms with van der Waals surface area (Å²) >= 11 is 0. The number of benzene rings is 1. The predicted octanol–water partition coefficient (Wildman–Crippen LogP) is 2.89. The lowest BCUT2D eigenvalue weighted by Crippen LogP contribution is -1.93. The molecule has 0 saturated heterocycles. The van der Waals surface area contributed by atoms with Gasteiger partial charge in [-0.15, -0.1) is 0 Å². The third-order valence-corrected chi connectivity index (χ3v) is 2.90. The van der Waals surface area contributed by atoms with Gasteiger partial charge in [-0.25, -0.2) is 4.98 Å². The molecule has 0 amide bonds. The van der Waals surface area contributed by atoms with Crippen LogP contribution in [0.5, 0.6) is 0 Å². The molecule has 0 spiro atoms. The zero-order valence-electron chi connectivity index (χ0n) is 9.59. The molecule has 0 saturated carbocycles. The van der Waals surface area contributed by atoms with Crippen LogP contribution in [0.3, 0.4) is 0 Å². The van der Waals surface area contributed by atoms with Crippen LogP contribution < -0.4 is 5.73 Å². The molecule has 0 fully saturated rings. The van der Waals surface area contributed by atoms with Crippen LogP contribution in [-0.2, 0) is 0 Å². The average Bonchev–Trinajstić information content (AvgIpc) is 2.69. The quantitative estimate of drug-likeness (QED) is 0.689. The highest BCUT2D eigenvalue weighted by atomic mass is 15.0. The number of aromatic nitrogens is 2. The number of anilines is 1. The predicted molar refractivity (Wildman–Crippen MR) is 69.8 cm³/mol. The Balaban J connectivity index is 2.36. The van der Waals surface area contributed by atoms with Crippen LogP contribution in [-0.4, -0.2) is 9.38 Å². The van der Waals surface area contributed by atoms with E-state index in [4.69, 9.17) is 5.73 Å². The van der Waals surface area contributed by atoms with Crippen molar-refractivity contribution in [1.29, 1.82) is 0 Å². The standard InChI is InChI=1S/C14H13N3/c1-10-13-12(15)8-5-9-17(13)14(16-10)11-6-3-2-4-7-11/h2-9H,15H2,1H3. The molecule has 0 aliphatic carbocycles. The Hall–Kier alpha value is -2.29. The molecule has 0 radical (unpaired) electrons. The fourth-order valence-corrected chi connectivity index (χ4v) is 2.14. The molecule has 3 rings (SSSR count). The number of aryl methyl sites for hydroxylation is 1. The molecule has 1 aromatic carbocycles. The summed E-state index contributed by atoms with van der Waals surface area (Å²) in [5, 5.41) is 0. The third kappa shape index (κ3) is 1.47. The summed E-state index contributed by atoms with van der Waals surface area (Å²) in [7, 11) is 0. The first kappa shape index (κ1) is 9.90. The van der Waals surface area contributed by atoms with E-state index in [1.165, 1.54) is 0 Å². The summed E-state index contributed by atoms with van der Waals surface area (Å²) < 4.78 is 2.04. The van der Waals surface area contributed by atoms with Gasteiger partial charge in [-0.2, -0.15) is 0 Å². The lowest BCUT2D eigenvalue weighted by molar-refractivity contribution is 1.16. The highest BCUT2D eigenvalue weighted by Gasteiger charge is 2.10. The van der Waals surface area contributed by atoms with Gasteiger partial charge < -0.3 is 5.73 Å². The lowest BCUT2D eigenvalue weighted by atomic mass is 10.2. The van der Waals surface area contributed by atoms with Crippen LogP contribution in [0, 0.1) is 6.92 Å². The van der Waals surface area contributed by atoms with E-state index in [1.807, 2.05) is 47.9 Å². The van der Waals surface area contributed by atoms with E-state index in [1.54, 1.807) is 0 Å². The summed E-state index contributed by atoms with van der Waals surface area (Å²) in [6, 6.07) is 14.0. The average molecular weight is 223 g/mol. The molecule has 0 unspecified atom stereocenters. The topological polar surface area (TPSA) is 43.3 Å². The maximum Gasteiger partial charge on any atom is 0.144 e. The van der Waals surface area contributed by atoms with Gasteiger partial charge in [-0.3, -0.25) is 4.40 Å². The fraction of sp³-hybridized carbons (Fsp3) is 0.0714. The number of hydrogen-bond donors (Lipinski definition) is 1. The first-order chi connectivity index (χ1) is 8.27.